The first-order chi connectivity index (χ1) is 7.87. The monoisotopic (exact) mass is 245 g/mol. The molecule has 0 aromatic rings. The predicted molar refractivity (Wildman–Crippen MR) is 69.0 cm³/mol. The summed E-state index contributed by atoms with van der Waals surface area (Å²) in [6.45, 7) is 11.4. The highest BCUT2D eigenvalue weighted by Gasteiger charge is 2.33. The molecule has 0 aromatic heterocycles. The van der Waals surface area contributed by atoms with E-state index in [0.717, 1.165) is 6.54 Å². The summed E-state index contributed by atoms with van der Waals surface area (Å²) in [5.41, 5.74) is -0.653. The Kier molecular flexibility index (Phi) is 7.39. The van der Waals surface area contributed by atoms with Gasteiger partial charge in [-0.25, -0.2) is 0 Å². The minimum Gasteiger partial charge on any atom is -0.468 e. The van der Waals surface area contributed by atoms with Gasteiger partial charge in [0.15, 0.2) is 0 Å². The van der Waals surface area contributed by atoms with Gasteiger partial charge in [-0.05, 0) is 32.7 Å². The summed E-state index contributed by atoms with van der Waals surface area (Å²) in [7, 11) is 1.41. The molecule has 0 radical (unpaired) electrons. The van der Waals surface area contributed by atoms with Gasteiger partial charge >= 0.3 is 5.97 Å². The summed E-state index contributed by atoms with van der Waals surface area (Å²) < 4.78 is 10.5. The van der Waals surface area contributed by atoms with Gasteiger partial charge in [0.1, 0.15) is 5.54 Å². The van der Waals surface area contributed by atoms with Crippen LogP contribution in [0.5, 0.6) is 0 Å². The first-order valence-electron chi connectivity index (χ1n) is 6.32. The molecule has 0 saturated heterocycles. The molecule has 0 aromatic carbocycles. The predicted octanol–water partition coefficient (Wildman–Crippen LogP) is 1.98. The van der Waals surface area contributed by atoms with Crippen molar-refractivity contribution < 1.29 is 14.3 Å². The highest BCUT2D eigenvalue weighted by atomic mass is 16.5. The Morgan fingerprint density at radius 1 is 1.35 bits per heavy atom. The number of hydrogen-bond donors (Lipinski definition) is 1. The molecular formula is C13H27NO3. The number of esters is 1. The van der Waals surface area contributed by atoms with Crippen LogP contribution in [0.1, 0.15) is 41.0 Å². The maximum atomic E-state index is 11.7. The molecule has 0 aliphatic rings. The number of carbonyl (C=O) groups is 1. The van der Waals surface area contributed by atoms with Gasteiger partial charge in [0.25, 0.3) is 0 Å². The first kappa shape index (κ1) is 16.4. The van der Waals surface area contributed by atoms with Crippen molar-refractivity contribution in [2.75, 3.05) is 20.3 Å². The Balaban J connectivity index is 4.23. The van der Waals surface area contributed by atoms with Crippen molar-refractivity contribution in [3.05, 3.63) is 0 Å². The smallest absolute Gasteiger partial charge is 0.325 e. The summed E-state index contributed by atoms with van der Waals surface area (Å²) in [5.74, 6) is 0.249. The lowest BCUT2D eigenvalue weighted by Gasteiger charge is -2.28. The third-order valence-corrected chi connectivity index (χ3v) is 3.12. The van der Waals surface area contributed by atoms with E-state index in [2.05, 4.69) is 19.2 Å². The average molecular weight is 245 g/mol. The van der Waals surface area contributed by atoms with E-state index in [1.807, 2.05) is 20.8 Å². The summed E-state index contributed by atoms with van der Waals surface area (Å²) in [4.78, 5) is 11.7. The van der Waals surface area contributed by atoms with E-state index in [1.54, 1.807) is 0 Å². The first-order valence-corrected chi connectivity index (χ1v) is 6.32. The Labute approximate surface area is 105 Å². The van der Waals surface area contributed by atoms with Crippen LogP contribution in [-0.2, 0) is 14.3 Å². The molecule has 1 N–H and O–H groups in total. The summed E-state index contributed by atoms with van der Waals surface area (Å²) in [6.07, 6.45) is 0.823. The zero-order valence-electron chi connectivity index (χ0n) is 12.0. The van der Waals surface area contributed by atoms with Crippen LogP contribution in [0.2, 0.25) is 0 Å². The molecule has 0 rings (SSSR count). The zero-order valence-corrected chi connectivity index (χ0v) is 12.0. The fourth-order valence-corrected chi connectivity index (χ4v) is 1.52. The quantitative estimate of drug-likeness (QED) is 0.664. The van der Waals surface area contributed by atoms with E-state index in [-0.39, 0.29) is 12.1 Å². The van der Waals surface area contributed by atoms with Crippen molar-refractivity contribution in [3.8, 4) is 0 Å². The van der Waals surface area contributed by atoms with E-state index in [4.69, 9.17) is 9.47 Å². The molecular weight excluding hydrogens is 218 g/mol. The minimum atomic E-state index is -0.653. The van der Waals surface area contributed by atoms with Gasteiger partial charge in [0.2, 0.25) is 0 Å². The van der Waals surface area contributed by atoms with Crippen molar-refractivity contribution in [2.45, 2.75) is 52.7 Å². The molecule has 0 aliphatic carbocycles. The van der Waals surface area contributed by atoms with Crippen molar-refractivity contribution in [1.29, 1.82) is 0 Å². The number of nitrogens with one attached hydrogen (secondary N) is 1. The van der Waals surface area contributed by atoms with Crippen molar-refractivity contribution in [1.82, 2.24) is 5.32 Å². The number of methoxy groups -OCH3 is 1. The van der Waals surface area contributed by atoms with E-state index < -0.39 is 5.54 Å². The molecule has 0 heterocycles. The maximum absolute atomic E-state index is 11.7. The third kappa shape index (κ3) is 5.50. The highest BCUT2D eigenvalue weighted by Crippen LogP contribution is 2.14. The van der Waals surface area contributed by atoms with Gasteiger partial charge in [0, 0.05) is 6.61 Å². The third-order valence-electron chi connectivity index (χ3n) is 3.12. The van der Waals surface area contributed by atoms with Gasteiger partial charge < -0.3 is 14.8 Å². The van der Waals surface area contributed by atoms with Crippen LogP contribution in [0.25, 0.3) is 0 Å². The summed E-state index contributed by atoms with van der Waals surface area (Å²) >= 11 is 0. The molecule has 0 saturated carbocycles. The lowest BCUT2D eigenvalue weighted by molar-refractivity contribution is -0.149. The Morgan fingerprint density at radius 3 is 2.35 bits per heavy atom. The molecule has 0 fully saturated rings. The Hall–Kier alpha value is -0.610. The molecule has 0 spiro atoms. The van der Waals surface area contributed by atoms with Gasteiger partial charge in [-0.3, -0.25) is 4.79 Å². The van der Waals surface area contributed by atoms with E-state index >= 15 is 0 Å². The second kappa shape index (κ2) is 7.67. The fourth-order valence-electron chi connectivity index (χ4n) is 1.52. The average Bonchev–Trinajstić information content (AvgIpc) is 2.27. The molecule has 4 heteroatoms. The number of hydrogen-bond acceptors (Lipinski definition) is 4. The SMILES string of the molecule is CCNC(C)(CCOC(C)C(C)C)C(=O)OC. The summed E-state index contributed by atoms with van der Waals surface area (Å²) in [6, 6.07) is 0. The molecule has 17 heavy (non-hydrogen) atoms. The number of rotatable bonds is 8. The van der Waals surface area contributed by atoms with Crippen LogP contribution in [0.15, 0.2) is 0 Å². The fraction of sp³-hybridized carbons (Fsp3) is 0.923. The van der Waals surface area contributed by atoms with Crippen LogP contribution in [0.3, 0.4) is 0 Å². The topological polar surface area (TPSA) is 47.6 Å². The van der Waals surface area contributed by atoms with E-state index in [9.17, 15) is 4.79 Å². The van der Waals surface area contributed by atoms with Crippen LogP contribution in [0, 0.1) is 5.92 Å². The maximum Gasteiger partial charge on any atom is 0.325 e. The molecule has 0 aliphatic heterocycles. The molecule has 0 amide bonds. The molecule has 2 unspecified atom stereocenters. The van der Waals surface area contributed by atoms with Crippen LogP contribution < -0.4 is 5.32 Å². The second-order valence-electron chi connectivity index (χ2n) is 4.92. The lowest BCUT2D eigenvalue weighted by atomic mass is 9.98. The largest absolute Gasteiger partial charge is 0.468 e. The van der Waals surface area contributed by atoms with Gasteiger partial charge in [-0.15, -0.1) is 0 Å². The van der Waals surface area contributed by atoms with Gasteiger partial charge in [0.05, 0.1) is 13.2 Å². The summed E-state index contributed by atoms with van der Waals surface area (Å²) in [5, 5.41) is 3.16. The molecule has 0 bridgehead atoms. The van der Waals surface area contributed by atoms with Crippen LogP contribution >= 0.6 is 0 Å². The van der Waals surface area contributed by atoms with Crippen LogP contribution in [-0.4, -0.2) is 37.9 Å². The van der Waals surface area contributed by atoms with Crippen molar-refractivity contribution in [3.63, 3.8) is 0 Å². The van der Waals surface area contributed by atoms with Crippen molar-refractivity contribution in [2.24, 2.45) is 5.92 Å². The van der Waals surface area contributed by atoms with Gasteiger partial charge in [-0.1, -0.05) is 20.8 Å². The van der Waals surface area contributed by atoms with E-state index in [1.165, 1.54) is 7.11 Å². The lowest BCUT2D eigenvalue weighted by Crippen LogP contribution is -2.51. The van der Waals surface area contributed by atoms with Gasteiger partial charge in [-0.2, -0.15) is 0 Å². The number of ether oxygens (including phenoxy) is 2. The van der Waals surface area contributed by atoms with Crippen molar-refractivity contribution >= 4 is 5.97 Å². The van der Waals surface area contributed by atoms with Crippen LogP contribution in [0.4, 0.5) is 0 Å². The molecule has 2 atom stereocenters. The number of carbonyl (C=O) groups excluding carboxylic acids is 1. The standard InChI is InChI=1S/C13H27NO3/c1-7-14-13(5,12(15)16-6)8-9-17-11(4)10(2)3/h10-11,14H,7-9H2,1-6H3. The highest BCUT2D eigenvalue weighted by molar-refractivity contribution is 5.80. The Morgan fingerprint density at radius 2 is 1.94 bits per heavy atom. The minimum absolute atomic E-state index is 0.207. The normalized spacial score (nSPS) is 16.6. The second-order valence-corrected chi connectivity index (χ2v) is 4.92. The van der Waals surface area contributed by atoms with E-state index in [0.29, 0.717) is 18.9 Å². The number of likely N-dealkylation sites (N-methyl/N-ethyl adjacent to an activating group) is 1. The molecule has 4 nitrogen and oxygen atoms in total. The molecule has 102 valence electrons. The zero-order chi connectivity index (χ0) is 13.5. The Bertz CT molecular complexity index is 231.